The Hall–Kier alpha value is -1.35. The van der Waals surface area contributed by atoms with Crippen LogP contribution in [-0.2, 0) is 23.9 Å². The van der Waals surface area contributed by atoms with Crippen LogP contribution in [0.5, 0.6) is 0 Å². The average Bonchev–Trinajstić information content (AvgIpc) is 2.70. The van der Waals surface area contributed by atoms with Gasteiger partial charge in [-0.15, -0.1) is 12.4 Å². The van der Waals surface area contributed by atoms with Crippen LogP contribution >= 0.6 is 12.4 Å². The molecular weight excluding hydrogens is 400 g/mol. The fourth-order valence-electron chi connectivity index (χ4n) is 4.36. The van der Waals surface area contributed by atoms with E-state index in [1.807, 2.05) is 0 Å². The Bertz CT molecular complexity index is 712. The summed E-state index contributed by atoms with van der Waals surface area (Å²) in [5.41, 5.74) is 6.00. The molecule has 31 heavy (non-hydrogen) atoms. The molecule has 0 bridgehead atoms. The van der Waals surface area contributed by atoms with E-state index in [0.717, 1.165) is 13.1 Å². The monoisotopic (exact) mass is 442 g/mol. The Morgan fingerprint density at radius 3 is 1.23 bits per heavy atom. The summed E-state index contributed by atoms with van der Waals surface area (Å²) in [6.07, 6.45) is 5.19. The van der Waals surface area contributed by atoms with Crippen LogP contribution in [0.2, 0.25) is 0 Å². The molecule has 2 nitrogen and oxygen atoms in total. The summed E-state index contributed by atoms with van der Waals surface area (Å²) in [4.78, 5) is 0. The highest BCUT2D eigenvalue weighted by atomic mass is 35.5. The fourth-order valence-corrected chi connectivity index (χ4v) is 4.36. The molecule has 1 fully saturated rings. The first-order chi connectivity index (χ1) is 14.1. The summed E-state index contributed by atoms with van der Waals surface area (Å²) in [5.74, 6) is 0. The van der Waals surface area contributed by atoms with Gasteiger partial charge in [0.15, 0.2) is 0 Å². The molecule has 0 radical (unpaired) electrons. The molecule has 172 valence electrons. The molecule has 0 heterocycles. The molecule has 0 amide bonds. The molecule has 3 heteroatoms. The maximum atomic E-state index is 3.85. The minimum absolute atomic E-state index is 0. The van der Waals surface area contributed by atoms with Crippen LogP contribution < -0.4 is 10.6 Å². The van der Waals surface area contributed by atoms with Gasteiger partial charge >= 0.3 is 0 Å². The highest BCUT2D eigenvalue weighted by Crippen LogP contribution is 2.24. The van der Waals surface area contributed by atoms with Crippen molar-refractivity contribution < 1.29 is 0 Å². The van der Waals surface area contributed by atoms with E-state index in [4.69, 9.17) is 0 Å². The van der Waals surface area contributed by atoms with E-state index >= 15 is 0 Å². The second-order valence-electron chi connectivity index (χ2n) is 11.2. The fraction of sp³-hybridized carbons (Fsp3) is 0.571. The highest BCUT2D eigenvalue weighted by molar-refractivity contribution is 5.85. The Balaban J connectivity index is 0.00000341. The molecule has 0 saturated heterocycles. The van der Waals surface area contributed by atoms with Gasteiger partial charge in [0.1, 0.15) is 0 Å². The Morgan fingerprint density at radius 1 is 0.613 bits per heavy atom. The van der Waals surface area contributed by atoms with Crippen LogP contribution in [0.1, 0.15) is 89.5 Å². The molecule has 0 aromatic heterocycles. The van der Waals surface area contributed by atoms with Gasteiger partial charge in [0.25, 0.3) is 0 Å². The molecule has 2 N–H and O–H groups in total. The van der Waals surface area contributed by atoms with Crippen molar-refractivity contribution in [3.8, 4) is 0 Å². The maximum absolute atomic E-state index is 3.85. The van der Waals surface area contributed by atoms with Gasteiger partial charge in [-0.3, -0.25) is 0 Å². The minimum atomic E-state index is 0. The van der Waals surface area contributed by atoms with Gasteiger partial charge in [0, 0.05) is 25.2 Å². The zero-order valence-electron chi connectivity index (χ0n) is 20.4. The first kappa shape index (κ1) is 25.9. The number of rotatable bonds is 6. The van der Waals surface area contributed by atoms with Crippen molar-refractivity contribution in [1.29, 1.82) is 0 Å². The van der Waals surface area contributed by atoms with E-state index in [-0.39, 0.29) is 23.2 Å². The summed E-state index contributed by atoms with van der Waals surface area (Å²) in [6.45, 7) is 15.5. The molecule has 2 aromatic rings. The van der Waals surface area contributed by atoms with Crippen molar-refractivity contribution in [3.63, 3.8) is 0 Å². The zero-order valence-corrected chi connectivity index (χ0v) is 21.2. The smallest absolute Gasteiger partial charge is 0.0224 e. The molecule has 1 aliphatic carbocycles. The Labute approximate surface area is 197 Å². The number of hydrogen-bond donors (Lipinski definition) is 2. The van der Waals surface area contributed by atoms with Crippen LogP contribution in [-0.4, -0.2) is 12.1 Å². The molecule has 1 aliphatic rings. The third-order valence-corrected chi connectivity index (χ3v) is 6.54. The van der Waals surface area contributed by atoms with E-state index in [1.165, 1.54) is 47.9 Å². The minimum Gasteiger partial charge on any atom is -0.308 e. The lowest BCUT2D eigenvalue weighted by molar-refractivity contribution is 0.281. The summed E-state index contributed by atoms with van der Waals surface area (Å²) in [7, 11) is 0. The second kappa shape index (κ2) is 11.0. The summed E-state index contributed by atoms with van der Waals surface area (Å²) in [6, 6.07) is 19.4. The molecular formula is C28H43ClN2. The molecule has 3 rings (SSSR count). The molecule has 0 spiro atoms. The van der Waals surface area contributed by atoms with Gasteiger partial charge in [0.05, 0.1) is 0 Å². The first-order valence-corrected chi connectivity index (χ1v) is 11.8. The van der Waals surface area contributed by atoms with Crippen molar-refractivity contribution in [2.75, 3.05) is 0 Å². The number of hydrogen-bond acceptors (Lipinski definition) is 2. The maximum Gasteiger partial charge on any atom is 0.0224 e. The van der Waals surface area contributed by atoms with Gasteiger partial charge in [-0.1, -0.05) is 103 Å². The topological polar surface area (TPSA) is 24.1 Å². The summed E-state index contributed by atoms with van der Waals surface area (Å²) < 4.78 is 0. The molecule has 2 atom stereocenters. The van der Waals surface area contributed by atoms with Crippen LogP contribution in [0.4, 0.5) is 0 Å². The summed E-state index contributed by atoms with van der Waals surface area (Å²) >= 11 is 0. The van der Waals surface area contributed by atoms with E-state index < -0.39 is 0 Å². The SMILES string of the molecule is CC(C)(C)c1ccc(CNC2CCCCC2NCc2ccc(C(C)(C)C)cc2)cc1.Cl. The number of nitrogens with one attached hydrogen (secondary N) is 2. The van der Waals surface area contributed by atoms with Crippen LogP contribution in [0.3, 0.4) is 0 Å². The molecule has 2 unspecified atom stereocenters. The quantitative estimate of drug-likeness (QED) is 0.508. The lowest BCUT2D eigenvalue weighted by Gasteiger charge is -2.33. The van der Waals surface area contributed by atoms with Crippen LogP contribution in [0.15, 0.2) is 48.5 Å². The highest BCUT2D eigenvalue weighted by Gasteiger charge is 2.24. The zero-order chi connectivity index (χ0) is 21.8. The van der Waals surface area contributed by atoms with Gasteiger partial charge in [-0.25, -0.2) is 0 Å². The van der Waals surface area contributed by atoms with Crippen molar-refractivity contribution in [2.45, 2.75) is 103 Å². The largest absolute Gasteiger partial charge is 0.308 e. The van der Waals surface area contributed by atoms with Crippen molar-refractivity contribution in [1.82, 2.24) is 10.6 Å². The van der Waals surface area contributed by atoms with Crippen molar-refractivity contribution in [2.24, 2.45) is 0 Å². The molecule has 1 saturated carbocycles. The predicted octanol–water partition coefficient (Wildman–Crippen LogP) is 6.89. The molecule has 0 aliphatic heterocycles. The second-order valence-corrected chi connectivity index (χ2v) is 11.2. The third kappa shape index (κ3) is 7.63. The van der Waals surface area contributed by atoms with Crippen molar-refractivity contribution >= 4 is 12.4 Å². The Kier molecular flexibility index (Phi) is 9.18. The van der Waals surface area contributed by atoms with Gasteiger partial charge < -0.3 is 10.6 Å². The molecule has 2 aromatic carbocycles. The van der Waals surface area contributed by atoms with Gasteiger partial charge in [-0.2, -0.15) is 0 Å². The van der Waals surface area contributed by atoms with Gasteiger partial charge in [-0.05, 0) is 45.9 Å². The summed E-state index contributed by atoms with van der Waals surface area (Å²) in [5, 5.41) is 7.70. The van der Waals surface area contributed by atoms with E-state index in [0.29, 0.717) is 12.1 Å². The van der Waals surface area contributed by atoms with Gasteiger partial charge in [0.2, 0.25) is 0 Å². The third-order valence-electron chi connectivity index (χ3n) is 6.54. The Morgan fingerprint density at radius 2 is 0.935 bits per heavy atom. The van der Waals surface area contributed by atoms with Crippen LogP contribution in [0, 0.1) is 0 Å². The average molecular weight is 443 g/mol. The lowest BCUT2D eigenvalue weighted by Crippen LogP contribution is -2.49. The predicted molar refractivity (Wildman–Crippen MR) is 137 cm³/mol. The normalized spacial score (nSPS) is 19.7. The van der Waals surface area contributed by atoms with Crippen LogP contribution in [0.25, 0.3) is 0 Å². The van der Waals surface area contributed by atoms with Crippen molar-refractivity contribution in [3.05, 3.63) is 70.8 Å². The number of halogens is 1. The number of benzene rings is 2. The standard InChI is InChI=1S/C28H42N2.ClH/c1-27(2,3)23-15-11-21(12-16-23)19-29-25-9-7-8-10-26(25)30-20-22-13-17-24(18-14-22)28(4,5)6;/h11-18,25-26,29-30H,7-10,19-20H2,1-6H3;1H. The van der Waals surface area contributed by atoms with E-state index in [1.54, 1.807) is 0 Å². The van der Waals surface area contributed by atoms with E-state index in [9.17, 15) is 0 Å². The lowest BCUT2D eigenvalue weighted by atomic mass is 9.86. The first-order valence-electron chi connectivity index (χ1n) is 11.8. The van der Waals surface area contributed by atoms with E-state index in [2.05, 4.69) is 101 Å².